The minimum Gasteiger partial charge on any atom is -0.377 e. The Morgan fingerprint density at radius 1 is 1.15 bits per heavy atom. The van der Waals surface area contributed by atoms with Gasteiger partial charge in [-0.3, -0.25) is 9.93 Å². The van der Waals surface area contributed by atoms with Crippen LogP contribution >= 0.6 is 11.8 Å². The highest BCUT2D eigenvalue weighted by Crippen LogP contribution is 2.47. The molecule has 1 heterocycles. The molecule has 1 aromatic heterocycles. The number of aliphatic hydroxyl groups excluding tert-OH is 1. The first-order chi connectivity index (χ1) is 16.4. The second kappa shape index (κ2) is 11.9. The topological polar surface area (TPSA) is 54.4 Å². The Bertz CT molecular complexity index is 1160. The number of aromatic nitrogens is 1. The van der Waals surface area contributed by atoms with E-state index in [-0.39, 0.29) is 12.3 Å². The van der Waals surface area contributed by atoms with Gasteiger partial charge in [-0.15, -0.1) is 11.8 Å². The van der Waals surface area contributed by atoms with Gasteiger partial charge in [-0.1, -0.05) is 19.4 Å². The van der Waals surface area contributed by atoms with Gasteiger partial charge in [-0.25, -0.2) is 13.2 Å². The number of unbranched alkanes of at least 4 members (excludes halogenated alkanes) is 1. The predicted molar refractivity (Wildman–Crippen MR) is 124 cm³/mol. The third kappa shape index (κ3) is 5.90. The smallest absolute Gasteiger partial charge is 0.215 e. The van der Waals surface area contributed by atoms with Crippen LogP contribution < -0.4 is 10.3 Å². The number of hydrogen-bond donors (Lipinski definition) is 2. The van der Waals surface area contributed by atoms with Crippen molar-refractivity contribution < 1.29 is 27.7 Å². The molecule has 0 saturated heterocycles. The zero-order chi connectivity index (χ0) is 24.7. The van der Waals surface area contributed by atoms with Crippen molar-refractivity contribution in [3.05, 3.63) is 94.6 Å². The van der Waals surface area contributed by atoms with Crippen molar-refractivity contribution in [2.75, 3.05) is 6.73 Å². The van der Waals surface area contributed by atoms with Crippen LogP contribution in [0.15, 0.2) is 59.6 Å². The lowest BCUT2D eigenvalue weighted by Gasteiger charge is -2.22. The molecule has 2 aromatic carbocycles. The fourth-order valence-electron chi connectivity index (χ4n) is 3.43. The molecule has 2 N–H and O–H groups in total. The van der Waals surface area contributed by atoms with Gasteiger partial charge in [0.05, 0.1) is 22.2 Å². The highest BCUT2D eigenvalue weighted by atomic mass is 32.2. The van der Waals surface area contributed by atoms with Gasteiger partial charge in [-0.2, -0.15) is 0 Å². The van der Waals surface area contributed by atoms with E-state index in [1.807, 2.05) is 13.0 Å². The molecule has 180 valence electrons. The van der Waals surface area contributed by atoms with Crippen molar-refractivity contribution in [3.63, 3.8) is 0 Å². The van der Waals surface area contributed by atoms with Crippen molar-refractivity contribution in [2.45, 2.75) is 36.8 Å². The number of nitrogens with zero attached hydrogens (tertiary/aromatic N) is 1. The molecule has 0 bridgehead atoms. The number of allylic oxidation sites excluding steroid dienone is 1. The van der Waals surface area contributed by atoms with Crippen molar-refractivity contribution in [1.82, 2.24) is 10.3 Å². The quantitative estimate of drug-likeness (QED) is 0.189. The molecule has 0 fully saturated rings. The van der Waals surface area contributed by atoms with Gasteiger partial charge in [-0.05, 0) is 66.9 Å². The van der Waals surface area contributed by atoms with E-state index < -0.39 is 28.5 Å². The second-order valence-electron chi connectivity index (χ2n) is 7.47. The summed E-state index contributed by atoms with van der Waals surface area (Å²) in [5.41, 5.74) is 2.01. The summed E-state index contributed by atoms with van der Waals surface area (Å²) in [6, 6.07) is 8.90. The summed E-state index contributed by atoms with van der Waals surface area (Å²) in [7, 11) is 0. The monoisotopic (exact) mass is 492 g/mol. The SMILES string of the molecule is CCC/C=C(/NCO)c1cc(C)c(C(Sc2ccc(F)cc2)c2c(F)ccc(F)c2OF)cn1. The first kappa shape index (κ1) is 25.6. The van der Waals surface area contributed by atoms with E-state index in [1.165, 1.54) is 30.5 Å². The van der Waals surface area contributed by atoms with Crippen molar-refractivity contribution in [3.8, 4) is 5.75 Å². The Kier molecular flexibility index (Phi) is 8.95. The lowest BCUT2D eigenvalue weighted by atomic mass is 9.99. The average Bonchev–Trinajstić information content (AvgIpc) is 2.83. The molecule has 0 radical (unpaired) electrons. The lowest BCUT2D eigenvalue weighted by molar-refractivity contribution is -0.0122. The molecule has 0 aliphatic carbocycles. The molecule has 3 rings (SSSR count). The van der Waals surface area contributed by atoms with E-state index in [1.54, 1.807) is 13.0 Å². The summed E-state index contributed by atoms with van der Waals surface area (Å²) in [5.74, 6) is -3.21. The maximum absolute atomic E-state index is 14.9. The summed E-state index contributed by atoms with van der Waals surface area (Å²) in [6.45, 7) is 3.50. The molecule has 0 aliphatic rings. The maximum atomic E-state index is 14.9. The molecule has 34 heavy (non-hydrogen) atoms. The van der Waals surface area contributed by atoms with Crippen LogP contribution in [-0.4, -0.2) is 16.8 Å². The van der Waals surface area contributed by atoms with Gasteiger partial charge in [0.1, 0.15) is 18.4 Å². The van der Waals surface area contributed by atoms with Crippen LogP contribution in [0.1, 0.15) is 47.4 Å². The van der Waals surface area contributed by atoms with E-state index in [0.29, 0.717) is 27.4 Å². The van der Waals surface area contributed by atoms with Crippen molar-refractivity contribution >= 4 is 17.5 Å². The Hall–Kier alpha value is -3.04. The number of thioether (sulfide) groups is 1. The molecule has 4 nitrogen and oxygen atoms in total. The predicted octanol–water partition coefficient (Wildman–Crippen LogP) is 6.63. The number of rotatable bonds is 10. The summed E-state index contributed by atoms with van der Waals surface area (Å²) in [6.07, 6.45) is 5.06. The molecule has 0 saturated carbocycles. The van der Waals surface area contributed by atoms with Crippen LogP contribution in [-0.2, 0) is 0 Å². The number of benzene rings is 2. The maximum Gasteiger partial charge on any atom is 0.215 e. The number of pyridine rings is 1. The van der Waals surface area contributed by atoms with Gasteiger partial charge in [0.2, 0.25) is 5.75 Å². The molecule has 0 amide bonds. The number of nitrogens with one attached hydrogen (secondary N) is 1. The van der Waals surface area contributed by atoms with Crippen LogP contribution in [0.25, 0.3) is 5.70 Å². The van der Waals surface area contributed by atoms with E-state index in [4.69, 9.17) is 0 Å². The molecule has 1 atom stereocenters. The van der Waals surface area contributed by atoms with Crippen LogP contribution in [0.2, 0.25) is 0 Å². The highest BCUT2D eigenvalue weighted by molar-refractivity contribution is 7.99. The van der Waals surface area contributed by atoms with Gasteiger partial charge in [0.15, 0.2) is 5.82 Å². The Labute approximate surface area is 199 Å². The summed E-state index contributed by atoms with van der Waals surface area (Å²) in [5, 5.41) is 11.2. The first-order valence-electron chi connectivity index (χ1n) is 10.6. The third-order valence-electron chi connectivity index (χ3n) is 5.12. The van der Waals surface area contributed by atoms with Crippen molar-refractivity contribution in [2.24, 2.45) is 0 Å². The second-order valence-corrected chi connectivity index (χ2v) is 8.65. The first-order valence-corrected chi connectivity index (χ1v) is 11.5. The van der Waals surface area contributed by atoms with Gasteiger partial charge in [0.25, 0.3) is 0 Å². The number of halogens is 4. The van der Waals surface area contributed by atoms with E-state index in [2.05, 4.69) is 15.2 Å². The normalized spacial score (nSPS) is 12.5. The fourth-order valence-corrected chi connectivity index (χ4v) is 4.70. The molecular formula is C25H24F4N2O2S. The Morgan fingerprint density at radius 3 is 2.47 bits per heavy atom. The zero-order valence-corrected chi connectivity index (χ0v) is 19.4. The van der Waals surface area contributed by atoms with Crippen LogP contribution in [0.4, 0.5) is 17.7 Å². The molecule has 1 unspecified atom stereocenters. The van der Waals surface area contributed by atoms with E-state index >= 15 is 0 Å². The number of aliphatic hydroxyl groups is 1. The molecule has 9 heteroatoms. The van der Waals surface area contributed by atoms with Crippen LogP contribution in [0.5, 0.6) is 5.75 Å². The minimum atomic E-state index is -1.05. The molecular weight excluding hydrogens is 468 g/mol. The minimum absolute atomic E-state index is 0.285. The average molecular weight is 493 g/mol. The van der Waals surface area contributed by atoms with Crippen LogP contribution in [0.3, 0.4) is 0 Å². The molecule has 0 spiro atoms. The third-order valence-corrected chi connectivity index (χ3v) is 6.39. The lowest BCUT2D eigenvalue weighted by Crippen LogP contribution is -2.15. The summed E-state index contributed by atoms with van der Waals surface area (Å²) >= 11 is 1.08. The highest BCUT2D eigenvalue weighted by Gasteiger charge is 2.29. The Morgan fingerprint density at radius 2 is 1.85 bits per heavy atom. The molecule has 3 aromatic rings. The van der Waals surface area contributed by atoms with Gasteiger partial charge >= 0.3 is 0 Å². The number of aryl methyl sites for hydroxylation is 1. The van der Waals surface area contributed by atoms with E-state index in [0.717, 1.165) is 36.7 Å². The fraction of sp³-hybridized carbons (Fsp3) is 0.240. The van der Waals surface area contributed by atoms with Crippen LogP contribution in [0, 0.1) is 24.4 Å². The number of hydrogen-bond acceptors (Lipinski definition) is 5. The van der Waals surface area contributed by atoms with Gasteiger partial charge < -0.3 is 10.4 Å². The standard InChI is InChI=1S/C25H24F4N2O2S/c1-3-4-5-21(31-14-32)22-12-15(2)18(13-30-22)25(34-17-8-6-16(26)7-9-17)23-19(27)10-11-20(28)24(23)33-29/h5-13,25,31-32H,3-4,14H2,1-2H3/b21-5+. The molecule has 0 aliphatic heterocycles. The van der Waals surface area contributed by atoms with Gasteiger partial charge in [0, 0.05) is 15.6 Å². The largest absolute Gasteiger partial charge is 0.377 e. The summed E-state index contributed by atoms with van der Waals surface area (Å²) in [4.78, 5) is 8.74. The van der Waals surface area contributed by atoms with E-state index in [9.17, 15) is 22.8 Å². The summed E-state index contributed by atoms with van der Waals surface area (Å²) < 4.78 is 56.0. The Balaban J connectivity index is 2.14. The van der Waals surface area contributed by atoms with Crippen molar-refractivity contribution in [1.29, 1.82) is 0 Å². The zero-order valence-electron chi connectivity index (χ0n) is 18.6.